The highest BCUT2D eigenvalue weighted by Crippen LogP contribution is 2.25. The molecule has 0 bridgehead atoms. The highest BCUT2D eigenvalue weighted by atomic mass is 32.2. The van der Waals surface area contributed by atoms with Crippen LogP contribution in [-0.4, -0.2) is 62.8 Å². The molecule has 2 heterocycles. The summed E-state index contributed by atoms with van der Waals surface area (Å²) in [6.07, 6.45) is 3.71. The number of nitrogens with zero attached hydrogens (tertiary/aromatic N) is 2. The van der Waals surface area contributed by atoms with Gasteiger partial charge in [-0.05, 0) is 37.9 Å². The van der Waals surface area contributed by atoms with E-state index in [1.165, 1.54) is 4.31 Å². The van der Waals surface area contributed by atoms with E-state index in [0.717, 1.165) is 38.8 Å². The van der Waals surface area contributed by atoms with E-state index < -0.39 is 10.0 Å². The van der Waals surface area contributed by atoms with Crippen LogP contribution < -0.4 is 5.32 Å². The Balaban J connectivity index is 1.91. The average molecular weight is 351 g/mol. The maximum Gasteiger partial charge on any atom is 0.255 e. The van der Waals surface area contributed by atoms with Crippen LogP contribution in [0.15, 0.2) is 29.2 Å². The Labute approximate surface area is 143 Å². The Hall–Kier alpha value is -1.44. The van der Waals surface area contributed by atoms with Crippen LogP contribution in [0.4, 0.5) is 0 Å². The molecule has 2 fully saturated rings. The van der Waals surface area contributed by atoms with E-state index in [1.54, 1.807) is 36.2 Å². The minimum absolute atomic E-state index is 0.114. The fourth-order valence-corrected chi connectivity index (χ4v) is 5.14. The standard InChI is InChI=1S/C17H25N3O3S/c1-19(14-9-10-18-13-14)17(21)15-7-3-4-8-16(15)24(22,23)20-11-5-2-6-12-20/h3-4,7-8,14,18H,2,5-6,9-13H2,1H3. The summed E-state index contributed by atoms with van der Waals surface area (Å²) in [6.45, 7) is 2.71. The summed E-state index contributed by atoms with van der Waals surface area (Å²) in [4.78, 5) is 14.7. The fraction of sp³-hybridized carbons (Fsp3) is 0.588. The van der Waals surface area contributed by atoms with Crippen molar-refractivity contribution in [3.8, 4) is 0 Å². The van der Waals surface area contributed by atoms with Gasteiger partial charge in [-0.2, -0.15) is 4.31 Å². The van der Waals surface area contributed by atoms with Gasteiger partial charge in [0.2, 0.25) is 10.0 Å². The first-order valence-corrected chi connectivity index (χ1v) is 10.0. The van der Waals surface area contributed by atoms with Crippen LogP contribution in [-0.2, 0) is 10.0 Å². The lowest BCUT2D eigenvalue weighted by molar-refractivity contribution is 0.0739. The molecule has 0 saturated carbocycles. The average Bonchev–Trinajstić information content (AvgIpc) is 3.16. The molecule has 1 unspecified atom stereocenters. The van der Waals surface area contributed by atoms with Crippen LogP contribution in [0.5, 0.6) is 0 Å². The second kappa shape index (κ2) is 7.21. The number of carbonyl (C=O) groups excluding carboxylic acids is 1. The summed E-state index contributed by atoms with van der Waals surface area (Å²) in [5.74, 6) is -0.222. The zero-order valence-electron chi connectivity index (χ0n) is 14.1. The molecule has 1 aromatic rings. The van der Waals surface area contributed by atoms with Crippen molar-refractivity contribution in [3.63, 3.8) is 0 Å². The number of nitrogens with one attached hydrogen (secondary N) is 1. The predicted molar refractivity (Wildman–Crippen MR) is 92.4 cm³/mol. The molecule has 2 saturated heterocycles. The van der Waals surface area contributed by atoms with E-state index in [9.17, 15) is 13.2 Å². The molecular weight excluding hydrogens is 326 g/mol. The van der Waals surface area contributed by atoms with Gasteiger partial charge in [-0.25, -0.2) is 8.42 Å². The molecule has 0 radical (unpaired) electrons. The third kappa shape index (κ3) is 3.34. The summed E-state index contributed by atoms with van der Waals surface area (Å²) in [7, 11) is -1.87. The van der Waals surface area contributed by atoms with Crippen molar-refractivity contribution in [1.29, 1.82) is 0 Å². The first-order valence-electron chi connectivity index (χ1n) is 8.59. The summed E-state index contributed by atoms with van der Waals surface area (Å²) in [5, 5.41) is 3.24. The summed E-state index contributed by atoms with van der Waals surface area (Å²) in [5.41, 5.74) is 0.275. The maximum absolute atomic E-state index is 13.0. The van der Waals surface area contributed by atoms with Crippen molar-refractivity contribution in [1.82, 2.24) is 14.5 Å². The van der Waals surface area contributed by atoms with Gasteiger partial charge in [-0.15, -0.1) is 0 Å². The first-order chi connectivity index (χ1) is 11.5. The molecule has 1 atom stereocenters. The smallest absolute Gasteiger partial charge is 0.255 e. The van der Waals surface area contributed by atoms with Crippen molar-refractivity contribution in [2.45, 2.75) is 36.6 Å². The minimum atomic E-state index is -3.62. The van der Waals surface area contributed by atoms with E-state index in [4.69, 9.17) is 0 Å². The lowest BCUT2D eigenvalue weighted by Gasteiger charge is -2.28. The van der Waals surface area contributed by atoms with Crippen LogP contribution in [0.3, 0.4) is 0 Å². The number of amides is 1. The van der Waals surface area contributed by atoms with Gasteiger partial charge >= 0.3 is 0 Å². The van der Waals surface area contributed by atoms with Crippen LogP contribution in [0.25, 0.3) is 0 Å². The summed E-state index contributed by atoms with van der Waals surface area (Å²) in [6, 6.07) is 6.70. The molecule has 2 aliphatic heterocycles. The summed E-state index contributed by atoms with van der Waals surface area (Å²) < 4.78 is 27.5. The molecule has 24 heavy (non-hydrogen) atoms. The molecule has 0 spiro atoms. The third-order valence-corrected chi connectivity index (χ3v) is 6.91. The van der Waals surface area contributed by atoms with Crippen LogP contribution in [0.2, 0.25) is 0 Å². The number of carbonyl (C=O) groups is 1. The first kappa shape index (κ1) is 17.4. The van der Waals surface area contributed by atoms with E-state index >= 15 is 0 Å². The van der Waals surface area contributed by atoms with Gasteiger partial charge in [0.05, 0.1) is 10.5 Å². The second-order valence-electron chi connectivity index (χ2n) is 6.52. The third-order valence-electron chi connectivity index (χ3n) is 4.95. The summed E-state index contributed by atoms with van der Waals surface area (Å²) >= 11 is 0. The molecule has 3 rings (SSSR count). The zero-order chi connectivity index (χ0) is 17.2. The second-order valence-corrected chi connectivity index (χ2v) is 8.43. The number of rotatable bonds is 4. The Morgan fingerprint density at radius 3 is 2.58 bits per heavy atom. The molecule has 2 aliphatic rings. The molecule has 7 heteroatoms. The quantitative estimate of drug-likeness (QED) is 0.888. The number of benzene rings is 1. The van der Waals surface area contributed by atoms with Crippen LogP contribution in [0.1, 0.15) is 36.0 Å². The Kier molecular flexibility index (Phi) is 5.22. The Bertz CT molecular complexity index is 693. The van der Waals surface area contributed by atoms with Crippen molar-refractivity contribution < 1.29 is 13.2 Å². The largest absolute Gasteiger partial charge is 0.337 e. The monoisotopic (exact) mass is 351 g/mol. The molecule has 6 nitrogen and oxygen atoms in total. The number of likely N-dealkylation sites (N-methyl/N-ethyl adjacent to an activating group) is 1. The Morgan fingerprint density at radius 2 is 1.92 bits per heavy atom. The maximum atomic E-state index is 13.0. The molecule has 0 aliphatic carbocycles. The number of hydrogen-bond donors (Lipinski definition) is 1. The van der Waals surface area contributed by atoms with Gasteiger partial charge in [0.25, 0.3) is 5.91 Å². The fourth-order valence-electron chi connectivity index (χ4n) is 3.44. The molecule has 1 aromatic carbocycles. The number of sulfonamides is 1. The van der Waals surface area contributed by atoms with Gasteiger partial charge in [-0.3, -0.25) is 4.79 Å². The molecule has 1 N–H and O–H groups in total. The Morgan fingerprint density at radius 1 is 1.21 bits per heavy atom. The molecule has 132 valence electrons. The molecular formula is C17H25N3O3S. The van der Waals surface area contributed by atoms with Gasteiger partial charge in [0.1, 0.15) is 0 Å². The van der Waals surface area contributed by atoms with Crippen molar-refractivity contribution in [2.75, 3.05) is 33.2 Å². The van der Waals surface area contributed by atoms with Gasteiger partial charge in [0, 0.05) is 32.7 Å². The number of hydrogen-bond acceptors (Lipinski definition) is 4. The number of piperidine rings is 1. The molecule has 1 amide bonds. The lowest BCUT2D eigenvalue weighted by atomic mass is 10.1. The zero-order valence-corrected chi connectivity index (χ0v) is 14.9. The normalized spacial score (nSPS) is 22.5. The van der Waals surface area contributed by atoms with Crippen molar-refractivity contribution >= 4 is 15.9 Å². The van der Waals surface area contributed by atoms with Gasteiger partial charge in [0.15, 0.2) is 0 Å². The van der Waals surface area contributed by atoms with E-state index in [2.05, 4.69) is 5.32 Å². The lowest BCUT2D eigenvalue weighted by Crippen LogP contribution is -2.40. The topological polar surface area (TPSA) is 69.7 Å². The van der Waals surface area contributed by atoms with E-state index in [1.807, 2.05) is 0 Å². The van der Waals surface area contributed by atoms with Crippen molar-refractivity contribution in [2.24, 2.45) is 0 Å². The molecule has 0 aromatic heterocycles. The van der Waals surface area contributed by atoms with Crippen LogP contribution >= 0.6 is 0 Å². The van der Waals surface area contributed by atoms with Crippen molar-refractivity contribution in [3.05, 3.63) is 29.8 Å². The highest BCUT2D eigenvalue weighted by Gasteiger charge is 2.32. The minimum Gasteiger partial charge on any atom is -0.337 e. The SMILES string of the molecule is CN(C(=O)c1ccccc1S(=O)(=O)N1CCCCC1)C1CCNC1. The van der Waals surface area contributed by atoms with E-state index in [0.29, 0.717) is 13.1 Å². The van der Waals surface area contributed by atoms with Gasteiger partial charge < -0.3 is 10.2 Å². The predicted octanol–water partition coefficient (Wildman–Crippen LogP) is 1.30. The van der Waals surface area contributed by atoms with E-state index in [-0.39, 0.29) is 22.4 Å². The van der Waals surface area contributed by atoms with Gasteiger partial charge in [-0.1, -0.05) is 18.6 Å². The highest BCUT2D eigenvalue weighted by molar-refractivity contribution is 7.89. The van der Waals surface area contributed by atoms with Crippen LogP contribution in [0, 0.1) is 0 Å².